The number of ketones is 1. The molecule has 10 nitrogen and oxygen atoms in total. The van der Waals surface area contributed by atoms with Crippen molar-refractivity contribution in [3.05, 3.63) is 45.6 Å². The molecule has 1 fully saturated rings. The minimum Gasteiger partial charge on any atom is -0.479 e. The fourth-order valence-electron chi connectivity index (χ4n) is 5.92. The zero-order chi connectivity index (χ0) is 27.5. The van der Waals surface area contributed by atoms with Gasteiger partial charge >= 0.3 is 5.69 Å². The van der Waals surface area contributed by atoms with Crippen LogP contribution in [0.2, 0.25) is 0 Å². The molecule has 0 radical (unpaired) electrons. The number of Topliss-reactive ketones (excluding diaryl/α,β-unsaturated/α-hetero) is 1. The van der Waals surface area contributed by atoms with Crippen LogP contribution in [0, 0.1) is 11.3 Å². The van der Waals surface area contributed by atoms with Crippen LogP contribution in [-0.2, 0) is 20.0 Å². The predicted molar refractivity (Wildman–Crippen MR) is 145 cm³/mol. The highest BCUT2D eigenvalue weighted by Gasteiger charge is 2.40. The van der Waals surface area contributed by atoms with E-state index in [4.69, 9.17) is 9.72 Å². The van der Waals surface area contributed by atoms with Crippen LogP contribution in [0.25, 0.3) is 11.2 Å². The van der Waals surface area contributed by atoms with Crippen LogP contribution in [0.4, 0.5) is 5.82 Å². The van der Waals surface area contributed by atoms with Gasteiger partial charge in [0.1, 0.15) is 22.7 Å². The number of piperazine rings is 1. The highest BCUT2D eigenvalue weighted by molar-refractivity contribution is 6.07. The van der Waals surface area contributed by atoms with Gasteiger partial charge in [-0.05, 0) is 59.2 Å². The van der Waals surface area contributed by atoms with E-state index in [2.05, 4.69) is 41.6 Å². The van der Waals surface area contributed by atoms with Crippen molar-refractivity contribution in [2.24, 2.45) is 7.05 Å². The minimum atomic E-state index is -0.833. The van der Waals surface area contributed by atoms with E-state index < -0.39 is 5.60 Å². The number of anilines is 1. The molecule has 38 heavy (non-hydrogen) atoms. The third-order valence-electron chi connectivity index (χ3n) is 8.04. The van der Waals surface area contributed by atoms with Gasteiger partial charge in [-0.1, -0.05) is 6.07 Å². The maximum Gasteiger partial charge on any atom is 0.350 e. The standard InChI is InChI=1S/C28H35N7O3/c1-8-33-22(11-12-29)30-23-25(31-27(37)32(7)26(23)33)35-15-16(2)34(14-17(35)3)18(4)19-9-10-20-21(13-19)38-28(5,6)24(20)36/h9-10,13,16-18H,8,11,14-15H2,1-7H3/t16-,17+,18?/m1/s1. The van der Waals surface area contributed by atoms with E-state index in [-0.39, 0.29) is 36.0 Å². The highest BCUT2D eigenvalue weighted by atomic mass is 16.5. The molecule has 2 aliphatic heterocycles. The number of aromatic nitrogens is 4. The number of nitriles is 1. The molecular formula is C28H35N7O3. The normalized spacial score (nSPS) is 21.8. The number of imidazole rings is 1. The number of benzene rings is 1. The first-order valence-electron chi connectivity index (χ1n) is 13.2. The van der Waals surface area contributed by atoms with Crippen molar-refractivity contribution in [3.8, 4) is 11.8 Å². The average molecular weight is 518 g/mol. The van der Waals surface area contributed by atoms with Crippen molar-refractivity contribution in [2.75, 3.05) is 18.0 Å². The summed E-state index contributed by atoms with van der Waals surface area (Å²) in [5.74, 6) is 1.88. The summed E-state index contributed by atoms with van der Waals surface area (Å²) in [4.78, 5) is 39.4. The fraction of sp³-hybridized carbons (Fsp3) is 0.536. The number of carbonyl (C=O) groups excluding carboxylic acids is 1. The van der Waals surface area contributed by atoms with E-state index in [0.717, 1.165) is 12.1 Å². The van der Waals surface area contributed by atoms with Gasteiger partial charge in [0.05, 0.1) is 18.1 Å². The molecule has 5 rings (SSSR count). The molecule has 2 aliphatic rings. The molecule has 0 saturated carbocycles. The number of nitrogens with zero attached hydrogens (tertiary/aromatic N) is 7. The summed E-state index contributed by atoms with van der Waals surface area (Å²) in [6.45, 7) is 14.1. The molecular weight excluding hydrogens is 482 g/mol. The van der Waals surface area contributed by atoms with Gasteiger partial charge in [0.25, 0.3) is 0 Å². The first-order valence-corrected chi connectivity index (χ1v) is 13.2. The number of ether oxygens (including phenoxy) is 1. The quantitative estimate of drug-likeness (QED) is 0.508. The van der Waals surface area contributed by atoms with E-state index in [0.29, 0.717) is 47.2 Å². The van der Waals surface area contributed by atoms with Crippen LogP contribution in [0.5, 0.6) is 5.75 Å². The van der Waals surface area contributed by atoms with Gasteiger partial charge in [-0.25, -0.2) is 9.78 Å². The van der Waals surface area contributed by atoms with Crippen LogP contribution >= 0.6 is 0 Å². The molecule has 4 heterocycles. The Kier molecular flexibility index (Phi) is 6.30. The van der Waals surface area contributed by atoms with Crippen molar-refractivity contribution in [3.63, 3.8) is 0 Å². The molecule has 1 unspecified atom stereocenters. The Morgan fingerprint density at radius 3 is 2.61 bits per heavy atom. The average Bonchev–Trinajstić information content (AvgIpc) is 3.35. The number of hydrogen-bond donors (Lipinski definition) is 0. The van der Waals surface area contributed by atoms with Crippen LogP contribution in [0.3, 0.4) is 0 Å². The Morgan fingerprint density at radius 2 is 1.92 bits per heavy atom. The van der Waals surface area contributed by atoms with Crippen molar-refractivity contribution in [1.29, 1.82) is 5.26 Å². The lowest BCUT2D eigenvalue weighted by molar-refractivity contribution is 0.0683. The predicted octanol–water partition coefficient (Wildman–Crippen LogP) is 3.23. The van der Waals surface area contributed by atoms with Gasteiger partial charge in [-0.2, -0.15) is 10.2 Å². The molecule has 0 amide bonds. The lowest BCUT2D eigenvalue weighted by atomic mass is 9.96. The van der Waals surface area contributed by atoms with Crippen molar-refractivity contribution in [2.45, 2.75) is 78.2 Å². The van der Waals surface area contributed by atoms with Crippen molar-refractivity contribution in [1.82, 2.24) is 24.0 Å². The molecule has 0 N–H and O–H groups in total. The summed E-state index contributed by atoms with van der Waals surface area (Å²) in [6, 6.07) is 8.40. The summed E-state index contributed by atoms with van der Waals surface area (Å²) in [6.07, 6.45) is 0.167. The summed E-state index contributed by atoms with van der Waals surface area (Å²) in [5, 5.41) is 9.32. The number of hydrogen-bond acceptors (Lipinski definition) is 8. The largest absolute Gasteiger partial charge is 0.479 e. The van der Waals surface area contributed by atoms with E-state index in [1.54, 1.807) is 20.9 Å². The van der Waals surface area contributed by atoms with Crippen LogP contribution < -0.4 is 15.3 Å². The van der Waals surface area contributed by atoms with Crippen LogP contribution in [0.1, 0.15) is 69.3 Å². The highest BCUT2D eigenvalue weighted by Crippen LogP contribution is 2.38. The van der Waals surface area contributed by atoms with E-state index in [1.807, 2.05) is 29.7 Å². The number of fused-ring (bicyclic) bond motifs is 2. The topological polar surface area (TPSA) is 109 Å². The molecule has 1 aromatic carbocycles. The first kappa shape index (κ1) is 25.9. The third-order valence-corrected chi connectivity index (χ3v) is 8.04. The van der Waals surface area contributed by atoms with E-state index in [1.165, 1.54) is 4.57 Å². The van der Waals surface area contributed by atoms with Gasteiger partial charge in [-0.15, -0.1) is 0 Å². The first-order chi connectivity index (χ1) is 18.0. The molecule has 200 valence electrons. The number of aryl methyl sites for hydroxylation is 2. The van der Waals surface area contributed by atoms with Gasteiger partial charge in [0.2, 0.25) is 5.78 Å². The van der Waals surface area contributed by atoms with Gasteiger partial charge < -0.3 is 14.2 Å². The Hall–Kier alpha value is -3.71. The lowest BCUT2D eigenvalue weighted by Crippen LogP contribution is -2.57. The monoisotopic (exact) mass is 517 g/mol. The molecule has 0 aliphatic carbocycles. The lowest BCUT2D eigenvalue weighted by Gasteiger charge is -2.47. The van der Waals surface area contributed by atoms with Crippen LogP contribution in [0.15, 0.2) is 23.0 Å². The van der Waals surface area contributed by atoms with E-state index in [9.17, 15) is 14.9 Å². The SMILES string of the molecule is CCn1c(CC#N)nc2c(N3C[C@@H](C)N(C(C)c4ccc5c(c4)OC(C)(C)C5=O)C[C@@H]3C)nc(=O)n(C)c21. The maximum atomic E-state index is 12.9. The zero-order valence-corrected chi connectivity index (χ0v) is 23.1. The van der Waals surface area contributed by atoms with Crippen molar-refractivity contribution >= 4 is 22.8 Å². The molecule has 3 aromatic rings. The number of rotatable bonds is 5. The second-order valence-electron chi connectivity index (χ2n) is 11.0. The second kappa shape index (κ2) is 9.24. The summed E-state index contributed by atoms with van der Waals surface area (Å²) >= 11 is 0. The van der Waals surface area contributed by atoms with Gasteiger partial charge in [0.15, 0.2) is 11.4 Å². The summed E-state index contributed by atoms with van der Waals surface area (Å²) in [5.41, 5.74) is 1.91. The third kappa shape index (κ3) is 3.97. The molecule has 2 aromatic heterocycles. The molecule has 1 saturated heterocycles. The molecule has 3 atom stereocenters. The molecule has 0 spiro atoms. The number of carbonyl (C=O) groups is 1. The minimum absolute atomic E-state index is 0.0126. The van der Waals surface area contributed by atoms with Crippen molar-refractivity contribution < 1.29 is 9.53 Å². The smallest absolute Gasteiger partial charge is 0.350 e. The molecule has 10 heteroatoms. The fourth-order valence-corrected chi connectivity index (χ4v) is 5.92. The van der Waals surface area contributed by atoms with Gasteiger partial charge in [-0.3, -0.25) is 14.3 Å². The zero-order valence-electron chi connectivity index (χ0n) is 23.1. The Labute approximate surface area is 222 Å². The van der Waals surface area contributed by atoms with E-state index >= 15 is 0 Å². The molecule has 0 bridgehead atoms. The second-order valence-corrected chi connectivity index (χ2v) is 11.0. The Morgan fingerprint density at radius 1 is 1.18 bits per heavy atom. The van der Waals surface area contributed by atoms with Crippen LogP contribution in [-0.4, -0.2) is 60.6 Å². The van der Waals surface area contributed by atoms with Gasteiger partial charge in [0, 0.05) is 44.8 Å². The maximum absolute atomic E-state index is 12.9. The Balaban J connectivity index is 1.46. The Bertz CT molecular complexity index is 1530. The summed E-state index contributed by atoms with van der Waals surface area (Å²) < 4.78 is 9.41. The summed E-state index contributed by atoms with van der Waals surface area (Å²) in [7, 11) is 1.70.